The lowest BCUT2D eigenvalue weighted by Crippen LogP contribution is -2.41. The highest BCUT2D eigenvalue weighted by molar-refractivity contribution is 7.15. The predicted octanol–water partition coefficient (Wildman–Crippen LogP) is 3.39. The van der Waals surface area contributed by atoms with E-state index >= 15 is 0 Å². The van der Waals surface area contributed by atoms with E-state index < -0.39 is 24.0 Å². The molecular formula is C25H25N3O6S. The number of aliphatic hydroxyl groups is 1. The molecule has 1 atom stereocenters. The van der Waals surface area contributed by atoms with Crippen molar-refractivity contribution in [2.24, 2.45) is 0 Å². The van der Waals surface area contributed by atoms with Crippen molar-refractivity contribution in [1.29, 1.82) is 0 Å². The zero-order valence-corrected chi connectivity index (χ0v) is 19.6. The van der Waals surface area contributed by atoms with Crippen molar-refractivity contribution < 1.29 is 29.3 Å². The van der Waals surface area contributed by atoms with Crippen molar-refractivity contribution in [2.75, 3.05) is 18.5 Å². The lowest BCUT2D eigenvalue weighted by Gasteiger charge is -2.14. The van der Waals surface area contributed by atoms with E-state index in [2.05, 4.69) is 27.8 Å². The number of rotatable bonds is 10. The van der Waals surface area contributed by atoms with Crippen molar-refractivity contribution in [3.8, 4) is 11.1 Å². The van der Waals surface area contributed by atoms with Gasteiger partial charge >= 0.3 is 12.1 Å². The molecule has 2 aromatic carbocycles. The fourth-order valence-electron chi connectivity index (χ4n) is 4.09. The predicted molar refractivity (Wildman–Crippen MR) is 130 cm³/mol. The summed E-state index contributed by atoms with van der Waals surface area (Å²) in [5.74, 6) is -1.68. The van der Waals surface area contributed by atoms with Crippen LogP contribution >= 0.6 is 11.3 Å². The van der Waals surface area contributed by atoms with Crippen molar-refractivity contribution in [1.82, 2.24) is 10.3 Å². The first-order valence-corrected chi connectivity index (χ1v) is 12.0. The summed E-state index contributed by atoms with van der Waals surface area (Å²) in [6.45, 7) is -0.145. The number of ether oxygens (including phenoxy) is 1. The topological polar surface area (TPSA) is 138 Å². The number of carbonyl (C=O) groups is 3. The molecule has 4 rings (SSSR count). The van der Waals surface area contributed by atoms with Gasteiger partial charge in [-0.25, -0.2) is 14.6 Å². The molecule has 3 aromatic rings. The third kappa shape index (κ3) is 5.84. The minimum absolute atomic E-state index is 0.0426. The number of aryl methyl sites for hydroxylation is 1. The van der Waals surface area contributed by atoms with Crippen LogP contribution in [0.5, 0.6) is 0 Å². The number of fused-ring (bicyclic) bond motifs is 3. The number of amides is 2. The molecule has 0 saturated carbocycles. The highest BCUT2D eigenvalue weighted by Crippen LogP contribution is 2.44. The number of carbonyl (C=O) groups excluding carboxylic acids is 2. The second-order valence-corrected chi connectivity index (χ2v) is 9.17. The van der Waals surface area contributed by atoms with Gasteiger partial charge in [-0.3, -0.25) is 10.1 Å². The van der Waals surface area contributed by atoms with Gasteiger partial charge in [-0.2, -0.15) is 0 Å². The third-order valence-electron chi connectivity index (χ3n) is 5.76. The molecule has 0 spiro atoms. The van der Waals surface area contributed by atoms with Crippen molar-refractivity contribution in [3.63, 3.8) is 0 Å². The molecule has 10 heteroatoms. The number of thiazole rings is 1. The number of aromatic nitrogens is 1. The summed E-state index contributed by atoms with van der Waals surface area (Å²) >= 11 is 1.21. The minimum Gasteiger partial charge on any atom is -0.480 e. The van der Waals surface area contributed by atoms with Gasteiger partial charge in [0.1, 0.15) is 12.6 Å². The van der Waals surface area contributed by atoms with E-state index in [4.69, 9.17) is 14.9 Å². The summed E-state index contributed by atoms with van der Waals surface area (Å²) in [4.78, 5) is 40.4. The lowest BCUT2D eigenvalue weighted by atomic mass is 9.98. The quantitative estimate of drug-likeness (QED) is 0.338. The Kier molecular flexibility index (Phi) is 7.74. The van der Waals surface area contributed by atoms with Crippen LogP contribution in [0.25, 0.3) is 11.1 Å². The first-order chi connectivity index (χ1) is 17.0. The van der Waals surface area contributed by atoms with Gasteiger partial charge in [-0.15, -0.1) is 11.3 Å². The number of hydrogen-bond acceptors (Lipinski definition) is 7. The standard InChI is InChI=1S/C25H25N3O6S/c29-12-11-21(23(31)32)27-22(30)10-9-15-13-26-24(35-15)28-25(33)34-14-20-18-7-3-1-5-16(18)17-6-2-4-8-19(17)20/h1-8,13,20-21,29H,9-12,14H2,(H,27,30)(H,31,32)(H,26,28,33)/t21-/m1/s1. The zero-order chi connectivity index (χ0) is 24.8. The Morgan fingerprint density at radius 2 is 1.71 bits per heavy atom. The Morgan fingerprint density at radius 1 is 1.06 bits per heavy atom. The summed E-state index contributed by atoms with van der Waals surface area (Å²) in [6.07, 6.45) is 1.28. The van der Waals surface area contributed by atoms with Crippen molar-refractivity contribution in [3.05, 3.63) is 70.7 Å². The lowest BCUT2D eigenvalue weighted by molar-refractivity contribution is -0.142. The van der Waals surface area contributed by atoms with Gasteiger partial charge in [-0.1, -0.05) is 48.5 Å². The molecule has 0 fully saturated rings. The number of carboxylic acids is 1. The first-order valence-electron chi connectivity index (χ1n) is 11.2. The summed E-state index contributed by atoms with van der Waals surface area (Å²) in [5.41, 5.74) is 4.55. The maximum Gasteiger partial charge on any atom is 0.413 e. The van der Waals surface area contributed by atoms with Gasteiger partial charge in [-0.05, 0) is 28.7 Å². The molecule has 4 N–H and O–H groups in total. The van der Waals surface area contributed by atoms with E-state index in [-0.39, 0.29) is 32.0 Å². The van der Waals surface area contributed by atoms with E-state index in [1.165, 1.54) is 11.3 Å². The minimum atomic E-state index is -1.19. The Morgan fingerprint density at radius 3 is 2.34 bits per heavy atom. The zero-order valence-electron chi connectivity index (χ0n) is 18.8. The van der Waals surface area contributed by atoms with Crippen LogP contribution in [-0.4, -0.2) is 52.4 Å². The Hall–Kier alpha value is -3.76. The van der Waals surface area contributed by atoms with Crippen LogP contribution in [0.2, 0.25) is 0 Å². The Bertz CT molecular complexity index is 1180. The molecule has 0 unspecified atom stereocenters. The van der Waals surface area contributed by atoms with E-state index in [1.54, 1.807) is 6.20 Å². The van der Waals surface area contributed by atoms with Gasteiger partial charge in [0.05, 0.1) is 0 Å². The van der Waals surface area contributed by atoms with Gasteiger partial charge < -0.3 is 20.3 Å². The average molecular weight is 496 g/mol. The van der Waals surface area contributed by atoms with Gasteiger partial charge in [0.15, 0.2) is 5.13 Å². The number of hydrogen-bond donors (Lipinski definition) is 4. The molecule has 1 heterocycles. The molecule has 35 heavy (non-hydrogen) atoms. The average Bonchev–Trinajstić information content (AvgIpc) is 3.43. The van der Waals surface area contributed by atoms with Crippen molar-refractivity contribution >= 4 is 34.4 Å². The number of nitrogens with one attached hydrogen (secondary N) is 2. The fourth-order valence-corrected chi connectivity index (χ4v) is 4.89. The molecule has 0 bridgehead atoms. The molecule has 9 nitrogen and oxygen atoms in total. The molecule has 182 valence electrons. The maximum absolute atomic E-state index is 12.4. The number of nitrogens with zero attached hydrogens (tertiary/aromatic N) is 1. The molecular weight excluding hydrogens is 470 g/mol. The fraction of sp³-hybridized carbons (Fsp3) is 0.280. The van der Waals surface area contributed by atoms with Gasteiger partial charge in [0, 0.05) is 36.4 Å². The number of benzene rings is 2. The Balaban J connectivity index is 1.28. The van der Waals surface area contributed by atoms with Crippen molar-refractivity contribution in [2.45, 2.75) is 31.2 Å². The van der Waals surface area contributed by atoms with Crippen LogP contribution in [0.3, 0.4) is 0 Å². The van der Waals surface area contributed by atoms with Crippen LogP contribution in [0.15, 0.2) is 54.7 Å². The van der Waals surface area contributed by atoms with Crippen LogP contribution in [0, 0.1) is 0 Å². The molecule has 1 aliphatic rings. The molecule has 0 radical (unpaired) electrons. The number of carboxylic acid groups (broad SMARTS) is 1. The number of aliphatic carboxylic acids is 1. The monoisotopic (exact) mass is 495 g/mol. The molecule has 1 aliphatic carbocycles. The van der Waals surface area contributed by atoms with Crippen LogP contribution in [0.1, 0.15) is 34.8 Å². The molecule has 0 saturated heterocycles. The van der Waals surface area contributed by atoms with Crippen LogP contribution < -0.4 is 10.6 Å². The maximum atomic E-state index is 12.4. The smallest absolute Gasteiger partial charge is 0.413 e. The molecule has 2 amide bonds. The summed E-state index contributed by atoms with van der Waals surface area (Å²) < 4.78 is 5.52. The second-order valence-electron chi connectivity index (χ2n) is 8.05. The Labute approximate surface area is 205 Å². The van der Waals surface area contributed by atoms with Crippen LogP contribution in [0.4, 0.5) is 9.93 Å². The summed E-state index contributed by atoms with van der Waals surface area (Å²) in [6, 6.07) is 15.1. The van der Waals surface area contributed by atoms with E-state index in [1.807, 2.05) is 36.4 Å². The third-order valence-corrected chi connectivity index (χ3v) is 6.73. The largest absolute Gasteiger partial charge is 0.480 e. The summed E-state index contributed by atoms with van der Waals surface area (Å²) in [7, 11) is 0. The molecule has 1 aromatic heterocycles. The molecule has 0 aliphatic heterocycles. The van der Waals surface area contributed by atoms with E-state index in [0.29, 0.717) is 11.6 Å². The highest BCUT2D eigenvalue weighted by Gasteiger charge is 2.29. The first kappa shape index (κ1) is 24.4. The van der Waals surface area contributed by atoms with E-state index in [9.17, 15) is 14.4 Å². The SMILES string of the molecule is O=C(CCc1cnc(NC(=O)OCC2c3ccccc3-c3ccccc32)s1)N[C@H](CCO)C(=O)O. The number of aliphatic hydroxyl groups excluding tert-OH is 1. The van der Waals surface area contributed by atoms with E-state index in [0.717, 1.165) is 27.1 Å². The highest BCUT2D eigenvalue weighted by atomic mass is 32.1. The second kappa shape index (κ2) is 11.1. The van der Waals surface area contributed by atoms with Crippen LogP contribution in [-0.2, 0) is 20.7 Å². The van der Waals surface area contributed by atoms with Gasteiger partial charge in [0.25, 0.3) is 0 Å². The summed E-state index contributed by atoms with van der Waals surface area (Å²) in [5, 5.41) is 23.3. The van der Waals surface area contributed by atoms with Gasteiger partial charge in [0.2, 0.25) is 5.91 Å². The number of anilines is 1. The normalized spacial score (nSPS) is 12.9.